The molecule has 3 aliphatic rings. The normalized spacial score (nSPS) is 41.7. The van der Waals surface area contributed by atoms with E-state index < -0.39 is 5.97 Å². The van der Waals surface area contributed by atoms with Crippen molar-refractivity contribution in [1.82, 2.24) is 0 Å². The highest BCUT2D eigenvalue weighted by Gasteiger charge is 2.64. The van der Waals surface area contributed by atoms with Crippen LogP contribution in [0.1, 0.15) is 19.3 Å². The Morgan fingerprint density at radius 2 is 2.47 bits per heavy atom. The Hall–Kier alpha value is -1.25. The van der Waals surface area contributed by atoms with Gasteiger partial charge in [-0.25, -0.2) is 0 Å². The molecule has 0 radical (unpaired) electrons. The van der Waals surface area contributed by atoms with Crippen LogP contribution in [-0.2, 0) is 9.53 Å². The zero-order valence-corrected chi connectivity index (χ0v) is 8.48. The topological polar surface area (TPSA) is 46.5 Å². The summed E-state index contributed by atoms with van der Waals surface area (Å²) in [4.78, 5) is 11.0. The monoisotopic (exact) mass is 206 g/mol. The van der Waals surface area contributed by atoms with Crippen LogP contribution in [-0.4, -0.2) is 17.7 Å². The maximum atomic E-state index is 11.0. The summed E-state index contributed by atoms with van der Waals surface area (Å²) in [6, 6.07) is 0. The van der Waals surface area contributed by atoms with Crippen LogP contribution < -0.4 is 0 Å². The highest BCUT2D eigenvalue weighted by atomic mass is 16.5. The van der Waals surface area contributed by atoms with E-state index in [4.69, 9.17) is 9.84 Å². The summed E-state index contributed by atoms with van der Waals surface area (Å²) in [6.45, 7) is 0.681. The van der Waals surface area contributed by atoms with Gasteiger partial charge in [0.05, 0.1) is 18.3 Å². The molecule has 0 aromatic rings. The summed E-state index contributed by atoms with van der Waals surface area (Å²) < 4.78 is 5.60. The lowest BCUT2D eigenvalue weighted by Gasteiger charge is -2.35. The van der Waals surface area contributed by atoms with Gasteiger partial charge in [-0.05, 0) is 30.8 Å². The number of allylic oxidation sites excluding steroid dienone is 4. The lowest BCUT2D eigenvalue weighted by molar-refractivity contribution is -0.140. The number of carboxylic acids is 1. The molecular formula is C12H14O3. The van der Waals surface area contributed by atoms with E-state index in [0.29, 0.717) is 12.5 Å². The molecule has 1 heterocycles. The van der Waals surface area contributed by atoms with E-state index in [1.807, 2.05) is 12.2 Å². The van der Waals surface area contributed by atoms with Gasteiger partial charge in [0.2, 0.25) is 0 Å². The molecule has 3 heteroatoms. The van der Waals surface area contributed by atoms with E-state index in [1.54, 1.807) is 0 Å². The number of hydrogen-bond donors (Lipinski definition) is 1. The summed E-state index contributed by atoms with van der Waals surface area (Å²) in [5, 5.41) is 9.08. The van der Waals surface area contributed by atoms with Crippen molar-refractivity contribution in [2.75, 3.05) is 6.61 Å². The Balaban J connectivity index is 1.89. The Morgan fingerprint density at radius 3 is 3.20 bits per heavy atom. The number of aliphatic carboxylic acids is 1. The summed E-state index contributed by atoms with van der Waals surface area (Å²) in [6.07, 6.45) is 8.79. The lowest BCUT2D eigenvalue weighted by atomic mass is 9.77. The Labute approximate surface area is 88.4 Å². The third kappa shape index (κ3) is 1.15. The minimum atomic E-state index is -0.634. The van der Waals surface area contributed by atoms with E-state index in [9.17, 15) is 4.79 Å². The molecule has 2 aliphatic carbocycles. The van der Waals surface area contributed by atoms with Crippen molar-refractivity contribution >= 4 is 5.97 Å². The molecule has 15 heavy (non-hydrogen) atoms. The first-order chi connectivity index (χ1) is 7.24. The van der Waals surface area contributed by atoms with E-state index in [-0.39, 0.29) is 11.3 Å². The molecule has 2 fully saturated rings. The van der Waals surface area contributed by atoms with Crippen LogP contribution in [0.25, 0.3) is 0 Å². The summed E-state index contributed by atoms with van der Waals surface area (Å²) in [5.41, 5.74) is 0.0146. The van der Waals surface area contributed by atoms with Gasteiger partial charge in [-0.3, -0.25) is 4.79 Å². The average molecular weight is 206 g/mol. The number of rotatable bonds is 1. The predicted octanol–water partition coefficient (Wildman–Crippen LogP) is 1.96. The predicted molar refractivity (Wildman–Crippen MR) is 54.1 cm³/mol. The first-order valence-electron chi connectivity index (χ1n) is 5.46. The maximum Gasteiger partial charge on any atom is 0.307 e. The fraction of sp³-hybridized carbons (Fsp3) is 0.583. The van der Waals surface area contributed by atoms with Crippen molar-refractivity contribution in [3.63, 3.8) is 0 Å². The smallest absolute Gasteiger partial charge is 0.307 e. The number of ether oxygens (including phenoxy) is 1. The van der Waals surface area contributed by atoms with Gasteiger partial charge < -0.3 is 9.84 Å². The number of hydrogen-bond acceptors (Lipinski definition) is 2. The van der Waals surface area contributed by atoms with Gasteiger partial charge in [-0.2, -0.15) is 0 Å². The second-order valence-electron chi connectivity index (χ2n) is 4.71. The molecule has 1 saturated heterocycles. The molecule has 1 N–H and O–H groups in total. The number of carboxylic acid groups (broad SMARTS) is 1. The average Bonchev–Trinajstić information content (AvgIpc) is 2.95. The van der Waals surface area contributed by atoms with Gasteiger partial charge in [0.1, 0.15) is 0 Å². The molecule has 0 bridgehead atoms. The van der Waals surface area contributed by atoms with E-state index in [1.165, 1.54) is 0 Å². The van der Waals surface area contributed by atoms with Gasteiger partial charge >= 0.3 is 5.97 Å². The quantitative estimate of drug-likeness (QED) is 0.713. The van der Waals surface area contributed by atoms with Crippen molar-refractivity contribution in [3.8, 4) is 0 Å². The fourth-order valence-corrected chi connectivity index (χ4v) is 3.13. The van der Waals surface area contributed by atoms with Gasteiger partial charge in [0.15, 0.2) is 0 Å². The highest BCUT2D eigenvalue weighted by molar-refractivity contribution is 5.75. The standard InChI is InChI=1S/C12H14O3/c13-11(14)9-7-12(9)5-6-15-10-4-2-1-3-8(10)12/h1-2,4,8-9H,3,5-7H2,(H,13,14)/t8?,9-,12-/m0/s1. The molecule has 1 saturated carbocycles. The number of carbonyl (C=O) groups is 1. The molecule has 3 nitrogen and oxygen atoms in total. The largest absolute Gasteiger partial charge is 0.498 e. The number of fused-ring (bicyclic) bond motifs is 2. The summed E-state index contributed by atoms with van der Waals surface area (Å²) >= 11 is 0. The summed E-state index contributed by atoms with van der Waals surface area (Å²) in [5.74, 6) is 0.553. The zero-order valence-electron chi connectivity index (χ0n) is 8.48. The fourth-order valence-electron chi connectivity index (χ4n) is 3.13. The SMILES string of the molecule is O=C(O)[C@@H]1C[C@]12CCOC1=CC=CCC12. The molecule has 3 atom stereocenters. The van der Waals surface area contributed by atoms with Crippen LogP contribution in [0.4, 0.5) is 0 Å². The van der Waals surface area contributed by atoms with Gasteiger partial charge in [-0.1, -0.05) is 12.2 Å². The van der Waals surface area contributed by atoms with Crippen molar-refractivity contribution < 1.29 is 14.6 Å². The lowest BCUT2D eigenvalue weighted by Crippen LogP contribution is -2.31. The molecule has 1 spiro atoms. The minimum Gasteiger partial charge on any atom is -0.498 e. The van der Waals surface area contributed by atoms with E-state index >= 15 is 0 Å². The molecule has 1 aliphatic heterocycles. The van der Waals surface area contributed by atoms with Crippen molar-refractivity contribution in [3.05, 3.63) is 24.0 Å². The van der Waals surface area contributed by atoms with E-state index in [0.717, 1.165) is 25.0 Å². The Kier molecular flexibility index (Phi) is 1.73. The molecule has 0 amide bonds. The van der Waals surface area contributed by atoms with Gasteiger partial charge in [-0.15, -0.1) is 0 Å². The molecule has 80 valence electrons. The third-order valence-corrected chi connectivity index (χ3v) is 4.06. The van der Waals surface area contributed by atoms with Gasteiger partial charge in [0.25, 0.3) is 0 Å². The van der Waals surface area contributed by atoms with Crippen LogP contribution in [0.15, 0.2) is 24.0 Å². The maximum absolute atomic E-state index is 11.0. The van der Waals surface area contributed by atoms with Crippen LogP contribution in [0.5, 0.6) is 0 Å². The second kappa shape index (κ2) is 2.87. The van der Waals surface area contributed by atoms with Crippen LogP contribution >= 0.6 is 0 Å². The first kappa shape index (κ1) is 9.01. The third-order valence-electron chi connectivity index (χ3n) is 4.06. The van der Waals surface area contributed by atoms with Crippen LogP contribution in [0.3, 0.4) is 0 Å². The van der Waals surface area contributed by atoms with Crippen molar-refractivity contribution in [1.29, 1.82) is 0 Å². The van der Waals surface area contributed by atoms with Crippen LogP contribution in [0.2, 0.25) is 0 Å². The van der Waals surface area contributed by atoms with Crippen molar-refractivity contribution in [2.24, 2.45) is 17.3 Å². The zero-order chi connectivity index (χ0) is 10.5. The molecular weight excluding hydrogens is 192 g/mol. The second-order valence-corrected chi connectivity index (χ2v) is 4.71. The minimum absolute atomic E-state index is 0.0146. The molecule has 1 unspecified atom stereocenters. The Morgan fingerprint density at radius 1 is 1.60 bits per heavy atom. The molecule has 0 aromatic heterocycles. The first-order valence-corrected chi connectivity index (χ1v) is 5.46. The van der Waals surface area contributed by atoms with E-state index in [2.05, 4.69) is 6.08 Å². The summed E-state index contributed by atoms with van der Waals surface area (Å²) in [7, 11) is 0. The molecule has 3 rings (SSSR count). The molecule has 0 aromatic carbocycles. The van der Waals surface area contributed by atoms with Gasteiger partial charge in [0, 0.05) is 5.92 Å². The van der Waals surface area contributed by atoms with Crippen molar-refractivity contribution in [2.45, 2.75) is 19.3 Å². The highest BCUT2D eigenvalue weighted by Crippen LogP contribution is 2.65. The Bertz CT molecular complexity index is 369. The van der Waals surface area contributed by atoms with Crippen LogP contribution in [0, 0.1) is 17.3 Å².